The average Bonchev–Trinajstić information content (AvgIpc) is 3.26. The largest absolute Gasteiger partial charge is 0.354 e. The van der Waals surface area contributed by atoms with Crippen LogP contribution in [0.4, 0.5) is 5.13 Å². The third-order valence-corrected chi connectivity index (χ3v) is 6.25. The standard InChI is InChI=1S/C20H14N4S/c1-23(2)20-22-17-16-15-12(7-9-21-16)11-5-3-4-6-14(11)24-10-8-13(18(15)24)19(17)25-20/h3-10H,1-2H3. The molecular weight excluding hydrogens is 328 g/mol. The van der Waals surface area contributed by atoms with Crippen LogP contribution in [-0.4, -0.2) is 28.5 Å². The van der Waals surface area contributed by atoms with Crippen LogP contribution >= 0.6 is 11.3 Å². The summed E-state index contributed by atoms with van der Waals surface area (Å²) < 4.78 is 3.52. The van der Waals surface area contributed by atoms with Crippen molar-refractivity contribution in [3.05, 3.63) is 48.8 Å². The number of rotatable bonds is 1. The molecule has 120 valence electrons. The molecule has 0 bridgehead atoms. The number of aromatic nitrogens is 3. The first kappa shape index (κ1) is 13.4. The second-order valence-electron chi connectivity index (χ2n) is 6.62. The number of anilines is 1. The van der Waals surface area contributed by atoms with Crippen molar-refractivity contribution in [3.8, 4) is 0 Å². The van der Waals surface area contributed by atoms with E-state index < -0.39 is 0 Å². The zero-order chi connectivity index (χ0) is 16.7. The van der Waals surface area contributed by atoms with Crippen molar-refractivity contribution in [1.29, 1.82) is 0 Å². The lowest BCUT2D eigenvalue weighted by Crippen LogP contribution is -2.07. The number of hydrogen-bond donors (Lipinski definition) is 0. The summed E-state index contributed by atoms with van der Waals surface area (Å²) in [4.78, 5) is 11.7. The van der Waals surface area contributed by atoms with E-state index in [9.17, 15) is 0 Å². The fraction of sp³-hybridized carbons (Fsp3) is 0.100. The molecule has 4 nitrogen and oxygen atoms in total. The van der Waals surface area contributed by atoms with Crippen molar-refractivity contribution in [3.63, 3.8) is 0 Å². The second kappa shape index (κ2) is 4.37. The molecule has 5 heteroatoms. The van der Waals surface area contributed by atoms with Crippen molar-refractivity contribution in [2.75, 3.05) is 19.0 Å². The maximum absolute atomic E-state index is 4.89. The summed E-state index contributed by atoms with van der Waals surface area (Å²) in [5.74, 6) is 0. The average molecular weight is 342 g/mol. The predicted molar refractivity (Wildman–Crippen MR) is 106 cm³/mol. The molecule has 0 aliphatic rings. The number of thiazole rings is 1. The topological polar surface area (TPSA) is 33.4 Å². The van der Waals surface area contributed by atoms with Crippen LogP contribution in [0.3, 0.4) is 0 Å². The van der Waals surface area contributed by atoms with Gasteiger partial charge < -0.3 is 9.30 Å². The SMILES string of the molecule is CN(C)c1nc2c3nccc4c5ccccc5n5ccc(c2s1)c5c43. The van der Waals surface area contributed by atoms with E-state index in [0.29, 0.717) is 0 Å². The molecule has 4 heterocycles. The highest BCUT2D eigenvalue weighted by atomic mass is 32.1. The quantitative estimate of drug-likeness (QED) is 0.314. The molecule has 0 N–H and O–H groups in total. The van der Waals surface area contributed by atoms with Gasteiger partial charge >= 0.3 is 0 Å². The van der Waals surface area contributed by atoms with E-state index in [1.54, 1.807) is 11.3 Å². The van der Waals surface area contributed by atoms with E-state index in [2.05, 4.69) is 51.9 Å². The van der Waals surface area contributed by atoms with Crippen LogP contribution in [0.2, 0.25) is 0 Å². The molecule has 0 atom stereocenters. The van der Waals surface area contributed by atoms with Crippen LogP contribution in [0.1, 0.15) is 0 Å². The van der Waals surface area contributed by atoms with Gasteiger partial charge in [-0.05, 0) is 23.6 Å². The number of hydrogen-bond acceptors (Lipinski definition) is 4. The summed E-state index contributed by atoms with van der Waals surface area (Å²) in [6, 6.07) is 12.9. The number of benzene rings is 2. The van der Waals surface area contributed by atoms with Gasteiger partial charge in [0.15, 0.2) is 5.13 Å². The summed E-state index contributed by atoms with van der Waals surface area (Å²) >= 11 is 1.74. The lowest BCUT2D eigenvalue weighted by Gasteiger charge is -2.12. The van der Waals surface area contributed by atoms with Gasteiger partial charge in [-0.3, -0.25) is 4.98 Å². The minimum atomic E-state index is 0.999. The molecule has 2 aromatic carbocycles. The Bertz CT molecular complexity index is 1420. The molecule has 4 aromatic heterocycles. The van der Waals surface area contributed by atoms with Gasteiger partial charge in [0.05, 0.1) is 15.7 Å². The Morgan fingerprint density at radius 1 is 0.960 bits per heavy atom. The van der Waals surface area contributed by atoms with Crippen LogP contribution in [0.15, 0.2) is 48.8 Å². The Hall–Kier alpha value is -2.92. The van der Waals surface area contributed by atoms with Crippen molar-refractivity contribution < 1.29 is 0 Å². The highest BCUT2D eigenvalue weighted by Crippen LogP contribution is 2.43. The van der Waals surface area contributed by atoms with Gasteiger partial charge in [-0.15, -0.1) is 0 Å². The highest BCUT2D eigenvalue weighted by Gasteiger charge is 2.20. The fourth-order valence-electron chi connectivity index (χ4n) is 3.93. The van der Waals surface area contributed by atoms with E-state index in [1.165, 1.54) is 37.3 Å². The number of nitrogens with zero attached hydrogens (tertiary/aromatic N) is 4. The molecule has 25 heavy (non-hydrogen) atoms. The molecule has 0 aliphatic carbocycles. The second-order valence-corrected chi connectivity index (χ2v) is 7.59. The summed E-state index contributed by atoms with van der Waals surface area (Å²) in [6.45, 7) is 0. The van der Waals surface area contributed by atoms with Crippen molar-refractivity contribution in [2.45, 2.75) is 0 Å². The Kier molecular flexibility index (Phi) is 2.34. The third-order valence-electron chi connectivity index (χ3n) is 5.00. The molecule has 6 rings (SSSR count). The van der Waals surface area contributed by atoms with E-state index >= 15 is 0 Å². The maximum Gasteiger partial charge on any atom is 0.186 e. The third kappa shape index (κ3) is 1.52. The van der Waals surface area contributed by atoms with E-state index in [4.69, 9.17) is 9.97 Å². The molecule has 0 aliphatic heterocycles. The first-order valence-corrected chi connectivity index (χ1v) is 9.05. The van der Waals surface area contributed by atoms with Gasteiger partial charge in [-0.2, -0.15) is 0 Å². The summed E-state index contributed by atoms with van der Waals surface area (Å²) in [5, 5.41) is 5.99. The lowest BCUT2D eigenvalue weighted by molar-refractivity contribution is 1.11. The Morgan fingerprint density at radius 2 is 1.84 bits per heavy atom. The molecule has 0 radical (unpaired) electrons. The first-order chi connectivity index (χ1) is 12.2. The Morgan fingerprint density at radius 3 is 2.72 bits per heavy atom. The van der Waals surface area contributed by atoms with Crippen LogP contribution in [0, 0.1) is 0 Å². The molecule has 0 amide bonds. The molecule has 0 saturated heterocycles. The smallest absolute Gasteiger partial charge is 0.186 e. The van der Waals surface area contributed by atoms with Crippen LogP contribution < -0.4 is 4.90 Å². The zero-order valence-electron chi connectivity index (χ0n) is 13.8. The summed E-state index contributed by atoms with van der Waals surface area (Å²) in [5.41, 5.74) is 4.49. The van der Waals surface area contributed by atoms with Gasteiger partial charge in [-0.1, -0.05) is 29.5 Å². The van der Waals surface area contributed by atoms with Gasteiger partial charge in [0, 0.05) is 42.6 Å². The van der Waals surface area contributed by atoms with Crippen LogP contribution in [0.25, 0.3) is 48.3 Å². The van der Waals surface area contributed by atoms with Gasteiger partial charge in [0.1, 0.15) is 11.0 Å². The summed E-state index contributed by atoms with van der Waals surface area (Å²) in [7, 11) is 4.07. The molecule has 6 aromatic rings. The number of pyridine rings is 2. The number of fused-ring (bicyclic) bond motifs is 6. The fourth-order valence-corrected chi connectivity index (χ4v) is 4.95. The van der Waals surface area contributed by atoms with Gasteiger partial charge in [0.2, 0.25) is 0 Å². The van der Waals surface area contributed by atoms with Crippen LogP contribution in [-0.2, 0) is 0 Å². The molecule has 0 spiro atoms. The van der Waals surface area contributed by atoms with E-state index in [0.717, 1.165) is 16.2 Å². The van der Waals surface area contributed by atoms with Crippen molar-refractivity contribution in [1.82, 2.24) is 14.4 Å². The van der Waals surface area contributed by atoms with Crippen LogP contribution in [0.5, 0.6) is 0 Å². The lowest BCUT2D eigenvalue weighted by atomic mass is 10.0. The number of para-hydroxylation sites is 1. The molecule has 0 unspecified atom stereocenters. The van der Waals surface area contributed by atoms with E-state index in [1.807, 2.05) is 20.3 Å². The Balaban J connectivity index is 2.03. The minimum Gasteiger partial charge on any atom is -0.354 e. The van der Waals surface area contributed by atoms with Crippen molar-refractivity contribution >= 4 is 64.8 Å². The van der Waals surface area contributed by atoms with Gasteiger partial charge in [0.25, 0.3) is 0 Å². The molecule has 0 fully saturated rings. The molecular formula is C20H14N4S. The summed E-state index contributed by atoms with van der Waals surface area (Å²) in [6.07, 6.45) is 4.08. The normalized spacial score (nSPS) is 12.4. The van der Waals surface area contributed by atoms with E-state index in [-0.39, 0.29) is 0 Å². The first-order valence-electron chi connectivity index (χ1n) is 8.23. The predicted octanol–water partition coefficient (Wildman–Crippen LogP) is 4.91. The molecule has 0 saturated carbocycles. The monoisotopic (exact) mass is 342 g/mol. The minimum absolute atomic E-state index is 0.999. The van der Waals surface area contributed by atoms with Gasteiger partial charge in [-0.25, -0.2) is 4.98 Å². The maximum atomic E-state index is 4.89. The highest BCUT2D eigenvalue weighted by molar-refractivity contribution is 7.23. The zero-order valence-corrected chi connectivity index (χ0v) is 14.6. The van der Waals surface area contributed by atoms with Crippen molar-refractivity contribution in [2.24, 2.45) is 0 Å². The Labute approximate surface area is 147 Å².